The molecule has 1 aliphatic carbocycles. The van der Waals surface area contributed by atoms with Crippen LogP contribution in [0.4, 0.5) is 0 Å². The summed E-state index contributed by atoms with van der Waals surface area (Å²) in [5.41, 5.74) is 1.26. The third-order valence-corrected chi connectivity index (χ3v) is 2.69. The van der Waals surface area contributed by atoms with E-state index >= 15 is 0 Å². The highest BCUT2D eigenvalue weighted by Gasteiger charge is 2.15. The van der Waals surface area contributed by atoms with Crippen LogP contribution in [-0.4, -0.2) is 36.3 Å². The predicted octanol–water partition coefficient (Wildman–Crippen LogP) is 1.62. The lowest BCUT2D eigenvalue weighted by molar-refractivity contribution is 0.142. The molecule has 1 N–H and O–H groups in total. The maximum Gasteiger partial charge on any atom is 0.119 e. The van der Waals surface area contributed by atoms with Gasteiger partial charge >= 0.3 is 0 Å². The Kier molecular flexibility index (Phi) is 3.14. The first-order chi connectivity index (χ1) is 6.86. The molecule has 1 heterocycles. The Balaban J connectivity index is 1.99. The van der Waals surface area contributed by atoms with E-state index in [1.165, 1.54) is 18.6 Å². The van der Waals surface area contributed by atoms with Crippen LogP contribution in [-0.2, 0) is 4.74 Å². The van der Waals surface area contributed by atoms with Gasteiger partial charge in [0.25, 0.3) is 0 Å². The highest BCUT2D eigenvalue weighted by molar-refractivity contribution is 5.88. The van der Waals surface area contributed by atoms with Gasteiger partial charge in [-0.25, -0.2) is 5.01 Å². The lowest BCUT2D eigenvalue weighted by Crippen LogP contribution is -2.27. The van der Waals surface area contributed by atoms with Crippen molar-refractivity contribution in [3.63, 3.8) is 0 Å². The Hall–Kier alpha value is -0.900. The van der Waals surface area contributed by atoms with Crippen molar-refractivity contribution in [1.29, 1.82) is 5.41 Å². The molecular formula is C10H17N3O. The van der Waals surface area contributed by atoms with Gasteiger partial charge in [0.05, 0.1) is 19.8 Å². The normalized spacial score (nSPS) is 23.9. The molecule has 0 amide bonds. The van der Waals surface area contributed by atoms with Gasteiger partial charge in [0.1, 0.15) is 5.84 Å². The molecule has 4 heteroatoms. The first kappa shape index (κ1) is 9.65. The molecule has 0 aromatic carbocycles. The molecule has 1 saturated heterocycles. The van der Waals surface area contributed by atoms with E-state index in [1.807, 2.05) is 5.01 Å². The van der Waals surface area contributed by atoms with E-state index < -0.39 is 0 Å². The Morgan fingerprint density at radius 1 is 1.14 bits per heavy atom. The van der Waals surface area contributed by atoms with Crippen molar-refractivity contribution in [2.45, 2.75) is 32.1 Å². The summed E-state index contributed by atoms with van der Waals surface area (Å²) in [6.45, 7) is 2.10. The van der Waals surface area contributed by atoms with Gasteiger partial charge in [0.2, 0.25) is 0 Å². The Morgan fingerprint density at radius 2 is 1.93 bits per heavy atom. The number of rotatable bonds is 1. The van der Waals surface area contributed by atoms with Gasteiger partial charge in [-0.2, -0.15) is 5.10 Å². The minimum Gasteiger partial charge on any atom is -0.379 e. The summed E-state index contributed by atoms with van der Waals surface area (Å²) in [5, 5.41) is 14.1. The SMILES string of the molecule is N=C1CCOCCN1N=C1CCCC1. The Morgan fingerprint density at radius 3 is 2.71 bits per heavy atom. The maximum absolute atomic E-state index is 7.79. The summed E-state index contributed by atoms with van der Waals surface area (Å²) in [4.78, 5) is 0. The third kappa shape index (κ3) is 2.32. The first-order valence-electron chi connectivity index (χ1n) is 5.35. The van der Waals surface area contributed by atoms with Crippen LogP contribution in [0.2, 0.25) is 0 Å². The van der Waals surface area contributed by atoms with Crippen molar-refractivity contribution >= 4 is 11.5 Å². The van der Waals surface area contributed by atoms with Gasteiger partial charge in [-0.15, -0.1) is 0 Å². The lowest BCUT2D eigenvalue weighted by Gasteiger charge is -2.16. The van der Waals surface area contributed by atoms with Crippen LogP contribution < -0.4 is 0 Å². The van der Waals surface area contributed by atoms with Gasteiger partial charge in [-0.3, -0.25) is 5.41 Å². The van der Waals surface area contributed by atoms with E-state index in [1.54, 1.807) is 0 Å². The van der Waals surface area contributed by atoms with E-state index in [2.05, 4.69) is 5.10 Å². The van der Waals surface area contributed by atoms with Crippen LogP contribution in [0.1, 0.15) is 32.1 Å². The van der Waals surface area contributed by atoms with Crippen LogP contribution >= 0.6 is 0 Å². The molecule has 0 aromatic heterocycles. The van der Waals surface area contributed by atoms with Crippen LogP contribution in [0.5, 0.6) is 0 Å². The fourth-order valence-corrected chi connectivity index (χ4v) is 1.85. The Labute approximate surface area is 84.4 Å². The number of nitrogens with zero attached hydrogens (tertiary/aromatic N) is 2. The zero-order chi connectivity index (χ0) is 9.80. The average molecular weight is 195 g/mol. The van der Waals surface area contributed by atoms with Crippen LogP contribution in [0.15, 0.2) is 5.10 Å². The molecule has 1 saturated carbocycles. The Bertz CT molecular complexity index is 242. The van der Waals surface area contributed by atoms with Crippen molar-refractivity contribution in [1.82, 2.24) is 5.01 Å². The molecular weight excluding hydrogens is 178 g/mol. The minimum absolute atomic E-state index is 0.599. The topological polar surface area (TPSA) is 48.7 Å². The largest absolute Gasteiger partial charge is 0.379 e. The fourth-order valence-electron chi connectivity index (χ4n) is 1.85. The van der Waals surface area contributed by atoms with Gasteiger partial charge in [-0.05, 0) is 25.7 Å². The van der Waals surface area contributed by atoms with Gasteiger partial charge in [-0.1, -0.05) is 0 Å². The van der Waals surface area contributed by atoms with Crippen molar-refractivity contribution in [2.75, 3.05) is 19.8 Å². The van der Waals surface area contributed by atoms with Crippen molar-refractivity contribution in [2.24, 2.45) is 5.10 Å². The molecule has 78 valence electrons. The molecule has 0 spiro atoms. The second kappa shape index (κ2) is 4.55. The smallest absolute Gasteiger partial charge is 0.119 e. The van der Waals surface area contributed by atoms with Crippen LogP contribution in [0, 0.1) is 5.41 Å². The van der Waals surface area contributed by atoms with Crippen molar-refractivity contribution in [3.8, 4) is 0 Å². The van der Waals surface area contributed by atoms with E-state index in [0.29, 0.717) is 25.5 Å². The zero-order valence-corrected chi connectivity index (χ0v) is 8.46. The molecule has 0 aromatic rings. The summed E-state index contributed by atoms with van der Waals surface area (Å²) in [7, 11) is 0. The number of ether oxygens (including phenoxy) is 1. The van der Waals surface area contributed by atoms with Crippen molar-refractivity contribution in [3.05, 3.63) is 0 Å². The molecule has 4 nitrogen and oxygen atoms in total. The van der Waals surface area contributed by atoms with Crippen LogP contribution in [0.3, 0.4) is 0 Å². The summed E-state index contributed by atoms with van der Waals surface area (Å²) in [5.74, 6) is 0.599. The molecule has 0 bridgehead atoms. The lowest BCUT2D eigenvalue weighted by atomic mass is 10.3. The van der Waals surface area contributed by atoms with Gasteiger partial charge in [0.15, 0.2) is 0 Å². The fraction of sp³-hybridized carbons (Fsp3) is 0.800. The zero-order valence-electron chi connectivity index (χ0n) is 8.46. The molecule has 0 atom stereocenters. The number of nitrogens with one attached hydrogen (secondary N) is 1. The molecule has 0 radical (unpaired) electrons. The highest BCUT2D eigenvalue weighted by Crippen LogP contribution is 2.16. The van der Waals surface area contributed by atoms with E-state index in [-0.39, 0.29) is 0 Å². The van der Waals surface area contributed by atoms with Crippen LogP contribution in [0.25, 0.3) is 0 Å². The quantitative estimate of drug-likeness (QED) is 0.691. The second-order valence-electron chi connectivity index (χ2n) is 3.81. The van der Waals surface area contributed by atoms with E-state index in [9.17, 15) is 0 Å². The van der Waals surface area contributed by atoms with Gasteiger partial charge < -0.3 is 4.74 Å². The van der Waals surface area contributed by atoms with E-state index in [4.69, 9.17) is 10.1 Å². The minimum atomic E-state index is 0.599. The summed E-state index contributed by atoms with van der Waals surface area (Å²) < 4.78 is 5.31. The average Bonchev–Trinajstić information content (AvgIpc) is 2.60. The number of hydrogen-bond donors (Lipinski definition) is 1. The van der Waals surface area contributed by atoms with Crippen molar-refractivity contribution < 1.29 is 4.74 Å². The number of amidine groups is 1. The third-order valence-electron chi connectivity index (χ3n) is 2.69. The molecule has 0 unspecified atom stereocenters. The first-order valence-corrected chi connectivity index (χ1v) is 5.35. The second-order valence-corrected chi connectivity index (χ2v) is 3.81. The molecule has 2 rings (SSSR count). The monoisotopic (exact) mass is 195 g/mol. The predicted molar refractivity (Wildman–Crippen MR) is 55.8 cm³/mol. The summed E-state index contributed by atoms with van der Waals surface area (Å²) in [6.07, 6.45) is 5.44. The molecule has 2 fully saturated rings. The number of hydrazone groups is 1. The highest BCUT2D eigenvalue weighted by atomic mass is 16.5. The molecule has 2 aliphatic rings. The number of hydrogen-bond acceptors (Lipinski definition) is 3. The maximum atomic E-state index is 7.79. The summed E-state index contributed by atoms with van der Waals surface area (Å²) >= 11 is 0. The molecule has 14 heavy (non-hydrogen) atoms. The summed E-state index contributed by atoms with van der Waals surface area (Å²) in [6, 6.07) is 0. The van der Waals surface area contributed by atoms with Gasteiger partial charge in [0, 0.05) is 12.1 Å². The molecule has 1 aliphatic heterocycles. The van der Waals surface area contributed by atoms with E-state index in [0.717, 1.165) is 19.4 Å². The standard InChI is InChI=1S/C10H17N3O/c11-10-5-7-14-8-6-13(10)12-9-3-1-2-4-9/h11H,1-8H2.